The van der Waals surface area contributed by atoms with Gasteiger partial charge in [-0.25, -0.2) is 4.79 Å². The van der Waals surface area contributed by atoms with Crippen molar-refractivity contribution in [2.45, 2.75) is 12.8 Å². The van der Waals surface area contributed by atoms with Crippen molar-refractivity contribution < 1.29 is 9.53 Å². The Balaban J connectivity index is 2.59. The number of nitrogens with zero attached hydrogens (tertiary/aromatic N) is 2. The first-order valence-electron chi connectivity index (χ1n) is 3.40. The zero-order valence-corrected chi connectivity index (χ0v) is 6.29. The number of nitriles is 1. The normalized spacial score (nSPS) is 20.0. The van der Waals surface area contributed by atoms with Crippen molar-refractivity contribution in [1.29, 1.82) is 5.26 Å². The number of rotatable bonds is 0. The minimum atomic E-state index is -0.807. The van der Waals surface area contributed by atoms with Crippen molar-refractivity contribution in [2.75, 3.05) is 0 Å². The molecule has 0 radical (unpaired) electrons. The summed E-state index contributed by atoms with van der Waals surface area (Å²) in [4.78, 5) is 11.0. The van der Waals surface area contributed by atoms with Gasteiger partial charge in [0, 0.05) is 5.69 Å². The van der Waals surface area contributed by atoms with Crippen LogP contribution < -0.4 is 4.74 Å². The summed E-state index contributed by atoms with van der Waals surface area (Å²) in [6, 6.07) is 1.86. The van der Waals surface area contributed by atoms with E-state index in [4.69, 9.17) is 10.00 Å². The van der Waals surface area contributed by atoms with Crippen molar-refractivity contribution in [3.8, 4) is 11.9 Å². The number of nitrogens with one attached hydrogen (secondary N) is 1. The van der Waals surface area contributed by atoms with Crippen LogP contribution in [0, 0.1) is 18.3 Å². The Morgan fingerprint density at radius 3 is 3.17 bits per heavy atom. The monoisotopic (exact) mass is 163 g/mol. The molecule has 1 aromatic heterocycles. The molecule has 5 nitrogen and oxygen atoms in total. The van der Waals surface area contributed by atoms with Crippen LogP contribution in [0.5, 0.6) is 5.88 Å². The fourth-order valence-electron chi connectivity index (χ4n) is 1.22. The summed E-state index contributed by atoms with van der Waals surface area (Å²) in [5.41, 5.74) is 1.28. The molecular weight excluding hydrogens is 158 g/mol. The van der Waals surface area contributed by atoms with Crippen molar-refractivity contribution in [3.05, 3.63) is 11.3 Å². The van der Waals surface area contributed by atoms with E-state index in [1.165, 1.54) is 0 Å². The molecule has 0 aliphatic carbocycles. The lowest BCUT2D eigenvalue weighted by Crippen LogP contribution is -2.09. The summed E-state index contributed by atoms with van der Waals surface area (Å²) in [5, 5.41) is 15.0. The first kappa shape index (κ1) is 6.85. The van der Waals surface area contributed by atoms with E-state index in [-0.39, 0.29) is 5.88 Å². The number of hydrogen-bond donors (Lipinski definition) is 1. The van der Waals surface area contributed by atoms with E-state index < -0.39 is 11.9 Å². The maximum atomic E-state index is 11.0. The number of aryl methyl sites for hydroxylation is 1. The smallest absolute Gasteiger partial charge is 0.334 e. The van der Waals surface area contributed by atoms with Gasteiger partial charge in [0.15, 0.2) is 5.92 Å². The van der Waals surface area contributed by atoms with Crippen LogP contribution in [0.3, 0.4) is 0 Å². The molecule has 0 amide bonds. The third-order valence-corrected chi connectivity index (χ3v) is 1.81. The standard InChI is InChI=1S/C7H5N3O2/c1-3-5-4(2-8)7(11)12-6(5)10-9-3/h4H,1H3,(H,9,10). The van der Waals surface area contributed by atoms with E-state index >= 15 is 0 Å². The molecule has 0 bridgehead atoms. The van der Waals surface area contributed by atoms with Crippen molar-refractivity contribution in [1.82, 2.24) is 10.2 Å². The largest absolute Gasteiger partial charge is 0.404 e. The fraction of sp³-hybridized carbons (Fsp3) is 0.286. The van der Waals surface area contributed by atoms with Crippen LogP contribution in [-0.2, 0) is 4.79 Å². The number of esters is 1. The van der Waals surface area contributed by atoms with Gasteiger partial charge in [-0.1, -0.05) is 0 Å². The van der Waals surface area contributed by atoms with Gasteiger partial charge in [-0.15, -0.1) is 5.10 Å². The molecule has 5 heteroatoms. The Morgan fingerprint density at radius 2 is 2.50 bits per heavy atom. The molecule has 0 fully saturated rings. The van der Waals surface area contributed by atoms with Crippen molar-refractivity contribution in [2.24, 2.45) is 0 Å². The van der Waals surface area contributed by atoms with Crippen LogP contribution >= 0.6 is 0 Å². The third kappa shape index (κ3) is 0.663. The average molecular weight is 163 g/mol. The van der Waals surface area contributed by atoms with Gasteiger partial charge < -0.3 is 4.74 Å². The highest BCUT2D eigenvalue weighted by Gasteiger charge is 2.37. The van der Waals surface area contributed by atoms with Gasteiger partial charge in [-0.2, -0.15) is 5.26 Å². The summed E-state index contributed by atoms with van der Waals surface area (Å²) in [6.07, 6.45) is 0. The maximum absolute atomic E-state index is 11.0. The first-order chi connectivity index (χ1) is 5.74. The Bertz CT molecular complexity index is 388. The second-order valence-electron chi connectivity index (χ2n) is 2.55. The summed E-state index contributed by atoms with van der Waals surface area (Å²) in [6.45, 7) is 1.75. The molecular formula is C7H5N3O2. The molecule has 2 rings (SSSR count). The van der Waals surface area contributed by atoms with Gasteiger partial charge in [-0.05, 0) is 6.92 Å². The lowest BCUT2D eigenvalue weighted by Gasteiger charge is -1.93. The van der Waals surface area contributed by atoms with Gasteiger partial charge in [0.25, 0.3) is 0 Å². The number of aromatic amines is 1. The topological polar surface area (TPSA) is 78.8 Å². The second kappa shape index (κ2) is 2.08. The predicted molar refractivity (Wildman–Crippen MR) is 37.3 cm³/mol. The Morgan fingerprint density at radius 1 is 1.75 bits per heavy atom. The molecule has 1 aliphatic rings. The molecule has 2 heterocycles. The van der Waals surface area contributed by atoms with E-state index in [1.807, 2.05) is 6.07 Å². The number of fused-ring (bicyclic) bond motifs is 1. The van der Waals surface area contributed by atoms with Crippen LogP contribution in [0.4, 0.5) is 0 Å². The third-order valence-electron chi connectivity index (χ3n) is 1.81. The zero-order chi connectivity index (χ0) is 8.72. The highest BCUT2D eigenvalue weighted by atomic mass is 16.5. The van der Waals surface area contributed by atoms with Crippen molar-refractivity contribution >= 4 is 5.97 Å². The van der Waals surface area contributed by atoms with Crippen LogP contribution in [-0.4, -0.2) is 16.2 Å². The molecule has 0 saturated carbocycles. The van der Waals surface area contributed by atoms with Gasteiger partial charge >= 0.3 is 5.97 Å². The van der Waals surface area contributed by atoms with Crippen LogP contribution in [0.1, 0.15) is 17.2 Å². The van der Waals surface area contributed by atoms with E-state index in [0.717, 1.165) is 0 Å². The molecule has 12 heavy (non-hydrogen) atoms. The Labute approximate surface area is 68.0 Å². The molecule has 1 aromatic rings. The molecule has 0 saturated heterocycles. The molecule has 0 aromatic carbocycles. The number of aromatic nitrogens is 2. The Hall–Kier alpha value is -1.83. The van der Waals surface area contributed by atoms with E-state index in [9.17, 15) is 4.79 Å². The molecule has 1 unspecified atom stereocenters. The highest BCUT2D eigenvalue weighted by molar-refractivity contribution is 5.88. The maximum Gasteiger partial charge on any atom is 0.334 e. The first-order valence-corrected chi connectivity index (χ1v) is 3.40. The zero-order valence-electron chi connectivity index (χ0n) is 6.29. The molecule has 0 spiro atoms. The summed E-state index contributed by atoms with van der Waals surface area (Å²) in [5.74, 6) is -1.10. The highest BCUT2D eigenvalue weighted by Crippen LogP contribution is 2.34. The molecule has 1 atom stereocenters. The lowest BCUT2D eigenvalue weighted by molar-refractivity contribution is -0.133. The van der Waals surface area contributed by atoms with Crippen LogP contribution in [0.25, 0.3) is 0 Å². The molecule has 1 N–H and O–H groups in total. The number of carbonyl (C=O) groups excluding carboxylic acids is 1. The fourth-order valence-corrected chi connectivity index (χ4v) is 1.22. The van der Waals surface area contributed by atoms with Crippen molar-refractivity contribution in [3.63, 3.8) is 0 Å². The second-order valence-corrected chi connectivity index (χ2v) is 2.55. The van der Waals surface area contributed by atoms with E-state index in [1.54, 1.807) is 6.92 Å². The summed E-state index contributed by atoms with van der Waals surface area (Å²) >= 11 is 0. The number of carbonyl (C=O) groups is 1. The number of H-pyrrole nitrogens is 1. The number of ether oxygens (including phenoxy) is 1. The van der Waals surface area contributed by atoms with Crippen LogP contribution in [0.15, 0.2) is 0 Å². The Kier molecular flexibility index (Phi) is 1.19. The number of hydrogen-bond acceptors (Lipinski definition) is 4. The minimum Gasteiger partial charge on any atom is -0.404 e. The molecule has 60 valence electrons. The van der Waals surface area contributed by atoms with E-state index in [2.05, 4.69) is 10.2 Å². The van der Waals surface area contributed by atoms with Gasteiger partial charge in [0.2, 0.25) is 5.88 Å². The SMILES string of the molecule is Cc1[nH]nc2c1C(C#N)C(=O)O2. The summed E-state index contributed by atoms with van der Waals surface area (Å²) < 4.78 is 4.73. The predicted octanol–water partition coefficient (Wildman–Crippen LogP) is 0.244. The lowest BCUT2D eigenvalue weighted by atomic mass is 10.0. The van der Waals surface area contributed by atoms with E-state index in [0.29, 0.717) is 11.3 Å². The minimum absolute atomic E-state index is 0.240. The van der Waals surface area contributed by atoms with Gasteiger partial charge in [-0.3, -0.25) is 5.10 Å². The van der Waals surface area contributed by atoms with Gasteiger partial charge in [0.05, 0.1) is 11.6 Å². The average Bonchev–Trinajstić information content (AvgIpc) is 2.52. The van der Waals surface area contributed by atoms with Gasteiger partial charge in [0.1, 0.15) is 0 Å². The summed E-state index contributed by atoms with van der Waals surface area (Å²) in [7, 11) is 0. The molecule has 1 aliphatic heterocycles. The van der Waals surface area contributed by atoms with Crippen LogP contribution in [0.2, 0.25) is 0 Å². The quantitative estimate of drug-likeness (QED) is 0.556.